The summed E-state index contributed by atoms with van der Waals surface area (Å²) in [6.45, 7) is 0.791. The van der Waals surface area contributed by atoms with E-state index in [0.29, 0.717) is 19.6 Å². The molecule has 1 atom stereocenters. The lowest BCUT2D eigenvalue weighted by Crippen LogP contribution is -2.28. The van der Waals surface area contributed by atoms with Crippen LogP contribution in [0.1, 0.15) is 5.56 Å². The van der Waals surface area contributed by atoms with E-state index < -0.39 is 10.8 Å². The quantitative estimate of drug-likeness (QED) is 0.345. The number of epoxide rings is 1. The molecule has 1 aromatic rings. The monoisotopic (exact) mass is 224 g/mol. The molecule has 1 unspecified atom stereocenters. The molecular formula is C10H12N2O4. The van der Waals surface area contributed by atoms with Crippen molar-refractivity contribution < 1.29 is 14.4 Å². The summed E-state index contributed by atoms with van der Waals surface area (Å²) in [6.07, 6.45) is 0.573. The van der Waals surface area contributed by atoms with Crippen LogP contribution in [0, 0.1) is 10.1 Å². The highest BCUT2D eigenvalue weighted by molar-refractivity contribution is 5.34. The Balaban J connectivity index is 1.88. The maximum Gasteiger partial charge on any atom is 0.269 e. The van der Waals surface area contributed by atoms with E-state index in [-0.39, 0.29) is 5.69 Å². The van der Waals surface area contributed by atoms with Gasteiger partial charge in [0.05, 0.1) is 11.5 Å². The zero-order valence-corrected chi connectivity index (χ0v) is 8.59. The van der Waals surface area contributed by atoms with Gasteiger partial charge >= 0.3 is 0 Å². The van der Waals surface area contributed by atoms with Crippen molar-refractivity contribution in [3.8, 4) is 0 Å². The van der Waals surface area contributed by atoms with Crippen molar-refractivity contribution in [2.45, 2.75) is 12.3 Å². The molecule has 6 nitrogen and oxygen atoms in total. The first-order valence-electron chi connectivity index (χ1n) is 4.89. The normalized spacial score (nSPS) is 23.1. The predicted octanol–water partition coefficient (Wildman–Crippen LogP) is 0.797. The Bertz CT molecular complexity index is 404. The number of nitrogens with zero attached hydrogens (tertiary/aromatic N) is 1. The minimum Gasteiger partial charge on any atom is -0.335 e. The Morgan fingerprint density at radius 3 is 3.00 bits per heavy atom. The fourth-order valence-electron chi connectivity index (χ4n) is 1.32. The zero-order valence-electron chi connectivity index (χ0n) is 8.59. The van der Waals surface area contributed by atoms with Crippen molar-refractivity contribution in [2.24, 2.45) is 5.73 Å². The van der Waals surface area contributed by atoms with Gasteiger partial charge in [0, 0.05) is 12.1 Å². The number of nitro benzene ring substituents is 1. The number of non-ortho nitro benzene ring substituents is 1. The molecular weight excluding hydrogens is 212 g/mol. The molecule has 0 radical (unpaired) electrons. The molecule has 0 aliphatic carbocycles. The van der Waals surface area contributed by atoms with Gasteiger partial charge in [-0.3, -0.25) is 15.8 Å². The summed E-state index contributed by atoms with van der Waals surface area (Å²) in [7, 11) is 0. The van der Waals surface area contributed by atoms with Crippen molar-refractivity contribution >= 4 is 5.69 Å². The molecule has 2 rings (SSSR count). The van der Waals surface area contributed by atoms with Gasteiger partial charge in [-0.25, -0.2) is 0 Å². The molecule has 0 amide bonds. The SMILES string of the molecule is NC1(OCCc2cccc([N+](=O)[O-])c2)CO1. The highest BCUT2D eigenvalue weighted by Crippen LogP contribution is 2.21. The molecule has 0 bridgehead atoms. The maximum absolute atomic E-state index is 10.5. The number of rotatable bonds is 5. The summed E-state index contributed by atoms with van der Waals surface area (Å²) in [5.41, 5.74) is 6.47. The second-order valence-corrected chi connectivity index (χ2v) is 3.63. The van der Waals surface area contributed by atoms with Gasteiger partial charge in [-0.1, -0.05) is 12.1 Å². The van der Waals surface area contributed by atoms with Gasteiger partial charge in [-0.2, -0.15) is 0 Å². The van der Waals surface area contributed by atoms with Crippen LogP contribution in [0.2, 0.25) is 0 Å². The topological polar surface area (TPSA) is 90.9 Å². The number of ether oxygens (including phenoxy) is 2. The molecule has 1 saturated heterocycles. The molecule has 6 heteroatoms. The Labute approximate surface area is 92.1 Å². The van der Waals surface area contributed by atoms with Crippen LogP contribution in [-0.4, -0.2) is 24.0 Å². The van der Waals surface area contributed by atoms with Crippen molar-refractivity contribution in [3.05, 3.63) is 39.9 Å². The van der Waals surface area contributed by atoms with Crippen LogP contribution < -0.4 is 5.73 Å². The molecule has 1 fully saturated rings. The van der Waals surface area contributed by atoms with E-state index in [9.17, 15) is 10.1 Å². The zero-order chi connectivity index (χ0) is 11.6. The van der Waals surface area contributed by atoms with Gasteiger partial charge in [0.1, 0.15) is 6.61 Å². The van der Waals surface area contributed by atoms with Gasteiger partial charge in [-0.05, 0) is 12.0 Å². The average Bonchev–Trinajstić information content (AvgIpc) is 2.97. The number of hydrogen-bond acceptors (Lipinski definition) is 5. The number of nitrogens with two attached hydrogens (primary N) is 1. The Kier molecular flexibility index (Phi) is 2.86. The largest absolute Gasteiger partial charge is 0.335 e. The first kappa shape index (κ1) is 11.0. The Morgan fingerprint density at radius 1 is 1.62 bits per heavy atom. The second-order valence-electron chi connectivity index (χ2n) is 3.63. The van der Waals surface area contributed by atoms with E-state index in [1.807, 2.05) is 6.07 Å². The minimum atomic E-state index is -0.916. The number of nitro groups is 1. The summed E-state index contributed by atoms with van der Waals surface area (Å²) in [4.78, 5) is 10.1. The maximum atomic E-state index is 10.5. The fourth-order valence-corrected chi connectivity index (χ4v) is 1.32. The van der Waals surface area contributed by atoms with E-state index in [4.69, 9.17) is 15.2 Å². The molecule has 16 heavy (non-hydrogen) atoms. The van der Waals surface area contributed by atoms with Crippen LogP contribution in [0.15, 0.2) is 24.3 Å². The molecule has 86 valence electrons. The third-order valence-corrected chi connectivity index (χ3v) is 2.29. The van der Waals surface area contributed by atoms with Gasteiger partial charge in [0.25, 0.3) is 5.69 Å². The summed E-state index contributed by atoms with van der Waals surface area (Å²) >= 11 is 0. The predicted molar refractivity (Wildman–Crippen MR) is 55.6 cm³/mol. The molecule has 0 saturated carbocycles. The van der Waals surface area contributed by atoms with Crippen molar-refractivity contribution in [1.82, 2.24) is 0 Å². The second kappa shape index (κ2) is 4.17. The molecule has 0 aromatic heterocycles. The number of hydrogen-bond donors (Lipinski definition) is 1. The summed E-state index contributed by atoms with van der Waals surface area (Å²) in [5, 5.41) is 10.5. The van der Waals surface area contributed by atoms with E-state index in [2.05, 4.69) is 0 Å². The van der Waals surface area contributed by atoms with Crippen molar-refractivity contribution in [2.75, 3.05) is 13.2 Å². The molecule has 1 aliphatic rings. The summed E-state index contributed by atoms with van der Waals surface area (Å²) in [6, 6.07) is 6.45. The Hall–Kier alpha value is -1.50. The van der Waals surface area contributed by atoms with Crippen molar-refractivity contribution in [1.29, 1.82) is 0 Å². The van der Waals surface area contributed by atoms with Crippen LogP contribution in [0.25, 0.3) is 0 Å². The Morgan fingerprint density at radius 2 is 2.38 bits per heavy atom. The summed E-state index contributed by atoms with van der Waals surface area (Å²) in [5.74, 6) is -0.916. The van der Waals surface area contributed by atoms with Crippen LogP contribution >= 0.6 is 0 Å². The highest BCUT2D eigenvalue weighted by Gasteiger charge is 2.41. The van der Waals surface area contributed by atoms with E-state index in [0.717, 1.165) is 5.56 Å². The van der Waals surface area contributed by atoms with Gasteiger partial charge in [0.15, 0.2) is 0 Å². The molecule has 1 aromatic carbocycles. The van der Waals surface area contributed by atoms with E-state index in [1.54, 1.807) is 6.07 Å². The third kappa shape index (κ3) is 2.75. The standard InChI is InChI=1S/C10H12N2O4/c11-10(7-16-10)15-5-4-8-2-1-3-9(6-8)12(13)14/h1-3,6H,4-5,7,11H2. The first-order valence-corrected chi connectivity index (χ1v) is 4.89. The van der Waals surface area contributed by atoms with Gasteiger partial charge in [-0.15, -0.1) is 0 Å². The fraction of sp³-hybridized carbons (Fsp3) is 0.400. The smallest absolute Gasteiger partial charge is 0.269 e. The van der Waals surface area contributed by atoms with Gasteiger partial charge in [0.2, 0.25) is 5.91 Å². The van der Waals surface area contributed by atoms with E-state index >= 15 is 0 Å². The molecule has 1 aliphatic heterocycles. The van der Waals surface area contributed by atoms with Crippen LogP contribution in [0.4, 0.5) is 5.69 Å². The van der Waals surface area contributed by atoms with Crippen LogP contribution in [0.5, 0.6) is 0 Å². The lowest BCUT2D eigenvalue weighted by atomic mass is 10.1. The number of benzene rings is 1. The lowest BCUT2D eigenvalue weighted by molar-refractivity contribution is -0.384. The van der Waals surface area contributed by atoms with Gasteiger partial charge < -0.3 is 9.47 Å². The van der Waals surface area contributed by atoms with Crippen LogP contribution in [-0.2, 0) is 15.9 Å². The summed E-state index contributed by atoms with van der Waals surface area (Å²) < 4.78 is 10.1. The molecule has 1 heterocycles. The molecule has 0 spiro atoms. The highest BCUT2D eigenvalue weighted by atomic mass is 16.8. The van der Waals surface area contributed by atoms with Crippen molar-refractivity contribution in [3.63, 3.8) is 0 Å². The van der Waals surface area contributed by atoms with Crippen LogP contribution in [0.3, 0.4) is 0 Å². The lowest BCUT2D eigenvalue weighted by Gasteiger charge is -2.06. The molecule has 2 N–H and O–H groups in total. The van der Waals surface area contributed by atoms with E-state index in [1.165, 1.54) is 12.1 Å². The minimum absolute atomic E-state index is 0.0858. The third-order valence-electron chi connectivity index (χ3n) is 2.29. The average molecular weight is 224 g/mol. The first-order chi connectivity index (χ1) is 7.59.